The molecular weight excluding hydrogens is 334 g/mol. The molecule has 2 heterocycles. The Morgan fingerprint density at radius 1 is 1.15 bits per heavy atom. The molecule has 1 N–H and O–H groups in total. The standard InChI is InChI=1S/C18H29N5O3/c1-18(2,3)26-17(25)19-13-6-8-14(9-7-13)23-12-15(20-21-23)16(24)22-10-4-5-11-22/h12-14H,4-11H2,1-3H3,(H,19,25). The number of ether oxygens (including phenoxy) is 1. The molecule has 2 aliphatic rings. The minimum Gasteiger partial charge on any atom is -0.444 e. The van der Waals surface area contributed by atoms with Crippen LogP contribution in [0, 0.1) is 0 Å². The van der Waals surface area contributed by atoms with Crippen molar-refractivity contribution in [1.29, 1.82) is 0 Å². The van der Waals surface area contributed by atoms with Gasteiger partial charge in [-0.05, 0) is 59.3 Å². The fraction of sp³-hybridized carbons (Fsp3) is 0.778. The van der Waals surface area contributed by atoms with Gasteiger partial charge in [-0.2, -0.15) is 0 Å². The maximum atomic E-state index is 12.4. The lowest BCUT2D eigenvalue weighted by molar-refractivity contribution is 0.0487. The van der Waals surface area contributed by atoms with E-state index in [1.54, 1.807) is 6.20 Å². The molecule has 144 valence electrons. The predicted molar refractivity (Wildman–Crippen MR) is 95.8 cm³/mol. The number of alkyl carbamates (subject to hydrolysis) is 1. The van der Waals surface area contributed by atoms with Gasteiger partial charge >= 0.3 is 6.09 Å². The molecule has 1 saturated heterocycles. The van der Waals surface area contributed by atoms with Crippen LogP contribution in [0.3, 0.4) is 0 Å². The summed E-state index contributed by atoms with van der Waals surface area (Å²) < 4.78 is 7.12. The van der Waals surface area contributed by atoms with E-state index in [2.05, 4.69) is 15.6 Å². The summed E-state index contributed by atoms with van der Waals surface area (Å²) in [6.07, 6.45) is 7.04. The number of nitrogens with zero attached hydrogens (tertiary/aromatic N) is 4. The van der Waals surface area contributed by atoms with Crippen molar-refractivity contribution >= 4 is 12.0 Å². The highest BCUT2D eigenvalue weighted by Crippen LogP contribution is 2.28. The van der Waals surface area contributed by atoms with E-state index in [1.807, 2.05) is 30.4 Å². The third-order valence-electron chi connectivity index (χ3n) is 4.91. The van der Waals surface area contributed by atoms with E-state index in [9.17, 15) is 9.59 Å². The van der Waals surface area contributed by atoms with Gasteiger partial charge in [-0.25, -0.2) is 9.48 Å². The van der Waals surface area contributed by atoms with Gasteiger partial charge in [0.25, 0.3) is 5.91 Å². The maximum Gasteiger partial charge on any atom is 0.407 e. The van der Waals surface area contributed by atoms with E-state index in [-0.39, 0.29) is 24.1 Å². The van der Waals surface area contributed by atoms with Gasteiger partial charge in [0.2, 0.25) is 0 Å². The van der Waals surface area contributed by atoms with Crippen molar-refractivity contribution in [3.8, 4) is 0 Å². The Morgan fingerprint density at radius 3 is 2.42 bits per heavy atom. The van der Waals surface area contributed by atoms with Crippen LogP contribution in [0.1, 0.15) is 75.8 Å². The van der Waals surface area contributed by atoms with Crippen LogP contribution in [0.4, 0.5) is 4.79 Å². The van der Waals surface area contributed by atoms with E-state index >= 15 is 0 Å². The lowest BCUT2D eigenvalue weighted by atomic mass is 9.91. The summed E-state index contributed by atoms with van der Waals surface area (Å²) in [6.45, 7) is 7.19. The lowest BCUT2D eigenvalue weighted by Gasteiger charge is -2.29. The molecule has 1 aliphatic heterocycles. The summed E-state index contributed by atoms with van der Waals surface area (Å²) in [5.74, 6) is -0.0194. The van der Waals surface area contributed by atoms with E-state index in [0.29, 0.717) is 5.69 Å². The SMILES string of the molecule is CC(C)(C)OC(=O)NC1CCC(n2cc(C(=O)N3CCCC3)nn2)CC1. The van der Waals surface area contributed by atoms with Crippen molar-refractivity contribution in [2.24, 2.45) is 0 Å². The fourth-order valence-corrected chi connectivity index (χ4v) is 3.59. The number of hydrogen-bond acceptors (Lipinski definition) is 5. The molecule has 1 aromatic rings. The van der Waals surface area contributed by atoms with Gasteiger partial charge in [0.15, 0.2) is 5.69 Å². The highest BCUT2D eigenvalue weighted by atomic mass is 16.6. The monoisotopic (exact) mass is 363 g/mol. The summed E-state index contributed by atoms with van der Waals surface area (Å²) >= 11 is 0. The van der Waals surface area contributed by atoms with E-state index < -0.39 is 5.60 Å². The third kappa shape index (κ3) is 4.74. The third-order valence-corrected chi connectivity index (χ3v) is 4.91. The molecule has 26 heavy (non-hydrogen) atoms. The Kier molecular flexibility index (Phi) is 5.48. The molecule has 1 aromatic heterocycles. The number of carbonyl (C=O) groups excluding carboxylic acids is 2. The second-order valence-corrected chi connectivity index (χ2v) is 8.23. The van der Waals surface area contributed by atoms with Gasteiger partial charge in [-0.15, -0.1) is 5.10 Å². The van der Waals surface area contributed by atoms with Crippen molar-refractivity contribution in [2.45, 2.75) is 77.0 Å². The molecule has 8 heteroatoms. The van der Waals surface area contributed by atoms with Crippen LogP contribution < -0.4 is 5.32 Å². The molecule has 2 amide bonds. The number of rotatable bonds is 3. The summed E-state index contributed by atoms with van der Waals surface area (Å²) in [5.41, 5.74) is -0.0544. The number of amides is 2. The molecule has 1 aliphatic carbocycles. The molecule has 3 rings (SSSR count). The van der Waals surface area contributed by atoms with Crippen LogP contribution in [0.2, 0.25) is 0 Å². The normalized spacial score (nSPS) is 23.7. The second kappa shape index (κ2) is 7.63. The molecular formula is C18H29N5O3. The van der Waals surface area contributed by atoms with Crippen LogP contribution in [0.15, 0.2) is 6.20 Å². The molecule has 0 spiro atoms. The van der Waals surface area contributed by atoms with Gasteiger partial charge in [0, 0.05) is 19.1 Å². The van der Waals surface area contributed by atoms with Crippen LogP contribution in [0.5, 0.6) is 0 Å². The summed E-state index contributed by atoms with van der Waals surface area (Å²) in [5, 5.41) is 11.2. The largest absolute Gasteiger partial charge is 0.444 e. The number of hydrogen-bond donors (Lipinski definition) is 1. The molecule has 0 atom stereocenters. The van der Waals surface area contributed by atoms with Crippen LogP contribution in [-0.4, -0.2) is 56.6 Å². The predicted octanol–water partition coefficient (Wildman–Crippen LogP) is 2.52. The van der Waals surface area contributed by atoms with Crippen molar-refractivity contribution < 1.29 is 14.3 Å². The number of aromatic nitrogens is 3. The highest BCUT2D eigenvalue weighted by molar-refractivity contribution is 5.92. The first-order valence-corrected chi connectivity index (χ1v) is 9.52. The average Bonchev–Trinajstić information content (AvgIpc) is 3.25. The zero-order chi connectivity index (χ0) is 18.7. The van der Waals surface area contributed by atoms with Gasteiger partial charge in [0.1, 0.15) is 5.60 Å². The number of nitrogens with one attached hydrogen (secondary N) is 1. The smallest absolute Gasteiger partial charge is 0.407 e. The molecule has 2 fully saturated rings. The van der Waals surface area contributed by atoms with Crippen molar-refractivity contribution in [3.05, 3.63) is 11.9 Å². The molecule has 0 aromatic carbocycles. The lowest BCUT2D eigenvalue weighted by Crippen LogP contribution is -2.41. The van der Waals surface area contributed by atoms with Gasteiger partial charge < -0.3 is 15.0 Å². The summed E-state index contributed by atoms with van der Waals surface area (Å²) in [7, 11) is 0. The number of likely N-dealkylation sites (tertiary alicyclic amines) is 1. The fourth-order valence-electron chi connectivity index (χ4n) is 3.59. The molecule has 1 saturated carbocycles. The quantitative estimate of drug-likeness (QED) is 0.891. The van der Waals surface area contributed by atoms with Gasteiger partial charge in [0.05, 0.1) is 12.2 Å². The summed E-state index contributed by atoms with van der Waals surface area (Å²) in [4.78, 5) is 26.1. The first-order valence-electron chi connectivity index (χ1n) is 9.52. The maximum absolute atomic E-state index is 12.4. The van der Waals surface area contributed by atoms with Crippen molar-refractivity contribution in [2.75, 3.05) is 13.1 Å². The highest BCUT2D eigenvalue weighted by Gasteiger charge is 2.28. The first kappa shape index (κ1) is 18.7. The van der Waals surface area contributed by atoms with Gasteiger partial charge in [-0.1, -0.05) is 5.21 Å². The molecule has 0 bridgehead atoms. The Morgan fingerprint density at radius 2 is 1.81 bits per heavy atom. The topological polar surface area (TPSA) is 89.4 Å². The van der Waals surface area contributed by atoms with Crippen LogP contribution >= 0.6 is 0 Å². The zero-order valence-corrected chi connectivity index (χ0v) is 15.9. The van der Waals surface area contributed by atoms with Gasteiger partial charge in [-0.3, -0.25) is 4.79 Å². The zero-order valence-electron chi connectivity index (χ0n) is 15.9. The first-order chi connectivity index (χ1) is 12.3. The Labute approximate surface area is 154 Å². The molecule has 0 radical (unpaired) electrons. The Bertz CT molecular complexity index is 637. The van der Waals surface area contributed by atoms with Crippen LogP contribution in [0.25, 0.3) is 0 Å². The van der Waals surface area contributed by atoms with E-state index in [1.165, 1.54) is 0 Å². The Hall–Kier alpha value is -2.12. The number of carbonyl (C=O) groups is 2. The Balaban J connectivity index is 1.49. The molecule has 8 nitrogen and oxygen atoms in total. The average molecular weight is 363 g/mol. The minimum absolute atomic E-state index is 0.0194. The van der Waals surface area contributed by atoms with E-state index in [4.69, 9.17) is 4.74 Å². The van der Waals surface area contributed by atoms with Crippen molar-refractivity contribution in [1.82, 2.24) is 25.2 Å². The second-order valence-electron chi connectivity index (χ2n) is 8.23. The van der Waals surface area contributed by atoms with E-state index in [0.717, 1.165) is 51.6 Å². The van der Waals surface area contributed by atoms with Crippen molar-refractivity contribution in [3.63, 3.8) is 0 Å². The van der Waals surface area contributed by atoms with Crippen LogP contribution in [-0.2, 0) is 4.74 Å². The minimum atomic E-state index is -0.486. The molecule has 0 unspecified atom stereocenters. The summed E-state index contributed by atoms with van der Waals surface area (Å²) in [6, 6.07) is 0.342.